The number of carbonyl (C=O) groups excluding carboxylic acids is 1. The molecule has 53 heavy (non-hydrogen) atoms. The van der Waals surface area contributed by atoms with Gasteiger partial charge in [-0.15, -0.1) is 15.3 Å². The van der Waals surface area contributed by atoms with Crippen molar-refractivity contribution in [1.82, 2.24) is 0 Å². The Labute approximate surface area is 368 Å². The van der Waals surface area contributed by atoms with Crippen molar-refractivity contribution >= 4 is 71.7 Å². The Balaban J connectivity index is 0.00000324. The Hall–Kier alpha value is -3.41. The molecule has 0 heterocycles. The van der Waals surface area contributed by atoms with E-state index >= 15 is 0 Å². The van der Waals surface area contributed by atoms with Gasteiger partial charge in [-0.25, -0.2) is 8.42 Å². The molecule has 5 aromatic carbocycles. The number of nitrogens with two attached hydrogens (primary N) is 2. The molecule has 0 aliphatic carbocycles. The Kier molecular flexibility index (Phi) is 16.6. The second-order valence-corrected chi connectivity index (χ2v) is 13.0. The van der Waals surface area contributed by atoms with E-state index in [4.69, 9.17) is 11.5 Å². The molecule has 5 rings (SSSR count). The molecule has 0 spiro atoms. The van der Waals surface area contributed by atoms with E-state index in [1.54, 1.807) is 48.5 Å². The fourth-order valence-electron chi connectivity index (χ4n) is 4.24. The van der Waals surface area contributed by atoms with Crippen LogP contribution in [0.2, 0.25) is 0 Å². The number of benzene rings is 5. The molecule has 17 nitrogen and oxygen atoms in total. The average molecular weight is 783 g/mol. The fourth-order valence-corrected chi connectivity index (χ4v) is 5.46. The van der Waals surface area contributed by atoms with Gasteiger partial charge < -0.3 is 31.0 Å². The molecule has 0 saturated heterocycles. The van der Waals surface area contributed by atoms with Gasteiger partial charge in [-0.3, -0.25) is 4.55 Å². The molecule has 5 N–H and O–H groups in total. The maximum absolute atomic E-state index is 11.8. The largest absolute Gasteiger partial charge is 1.00 e. The number of carboxylic acids is 1. The molecular formula is C31H21N8Na3O9S2. The molecule has 0 aliphatic rings. The first-order valence-electron chi connectivity index (χ1n) is 13.8. The summed E-state index contributed by atoms with van der Waals surface area (Å²) in [6.45, 7) is 0. The Morgan fingerprint density at radius 1 is 0.585 bits per heavy atom. The third-order valence-electron chi connectivity index (χ3n) is 6.74. The van der Waals surface area contributed by atoms with Crippen LogP contribution in [0.15, 0.2) is 138 Å². The van der Waals surface area contributed by atoms with Crippen molar-refractivity contribution in [3.63, 3.8) is 0 Å². The molecule has 0 aliphatic heterocycles. The van der Waals surface area contributed by atoms with Gasteiger partial charge in [0.05, 0.1) is 39.3 Å². The van der Waals surface area contributed by atoms with Crippen LogP contribution in [-0.2, 0) is 20.2 Å². The number of hydrogen-bond donors (Lipinski definition) is 3. The molecule has 0 aromatic heterocycles. The van der Waals surface area contributed by atoms with Gasteiger partial charge in [0.15, 0.2) is 0 Å². The predicted molar refractivity (Wildman–Crippen MR) is 174 cm³/mol. The zero-order valence-electron chi connectivity index (χ0n) is 28.1. The molecule has 0 amide bonds. The molecular weight excluding hydrogens is 761 g/mol. The summed E-state index contributed by atoms with van der Waals surface area (Å²) in [7, 11) is -10.0. The average Bonchev–Trinajstić information content (AvgIpc) is 3.06. The first-order valence-corrected chi connectivity index (χ1v) is 16.7. The van der Waals surface area contributed by atoms with E-state index in [1.807, 2.05) is 0 Å². The summed E-state index contributed by atoms with van der Waals surface area (Å²) in [4.78, 5) is 9.20. The van der Waals surface area contributed by atoms with Crippen LogP contribution in [0.1, 0.15) is 10.4 Å². The van der Waals surface area contributed by atoms with Crippen molar-refractivity contribution in [1.29, 1.82) is 0 Å². The van der Waals surface area contributed by atoms with Crippen LogP contribution in [0.3, 0.4) is 0 Å². The van der Waals surface area contributed by atoms with Gasteiger partial charge in [-0.05, 0) is 83.4 Å². The van der Waals surface area contributed by atoms with Crippen molar-refractivity contribution in [2.45, 2.75) is 9.79 Å². The van der Waals surface area contributed by atoms with Crippen molar-refractivity contribution in [2.24, 2.45) is 30.7 Å². The minimum atomic E-state index is -5.03. The van der Waals surface area contributed by atoms with E-state index < -0.39 is 53.0 Å². The number of anilines is 2. The Morgan fingerprint density at radius 2 is 1.04 bits per heavy atom. The van der Waals surface area contributed by atoms with Crippen molar-refractivity contribution in [3.05, 3.63) is 103 Å². The minimum absolute atomic E-state index is 0. The maximum Gasteiger partial charge on any atom is 1.00 e. The predicted octanol–water partition coefficient (Wildman–Crippen LogP) is -3.64. The van der Waals surface area contributed by atoms with Gasteiger partial charge in [0.1, 0.15) is 32.1 Å². The molecule has 0 saturated carbocycles. The summed E-state index contributed by atoms with van der Waals surface area (Å²) < 4.78 is 67.0. The zero-order valence-corrected chi connectivity index (χ0v) is 35.7. The summed E-state index contributed by atoms with van der Waals surface area (Å²) in [6.07, 6.45) is 0. The van der Waals surface area contributed by atoms with E-state index in [1.165, 1.54) is 18.2 Å². The maximum atomic E-state index is 11.8. The summed E-state index contributed by atoms with van der Waals surface area (Å²) in [6, 6.07) is 22.2. The monoisotopic (exact) mass is 782 g/mol. The van der Waals surface area contributed by atoms with Crippen molar-refractivity contribution < 1.29 is 130 Å². The first kappa shape index (κ1) is 45.7. The van der Waals surface area contributed by atoms with Crippen LogP contribution < -0.4 is 110 Å². The second kappa shape index (κ2) is 19.3. The normalized spacial score (nSPS) is 11.6. The third-order valence-corrected chi connectivity index (χ3v) is 8.46. The number of nitrogen functional groups attached to an aromatic ring is 2. The first-order chi connectivity index (χ1) is 23.6. The molecule has 0 unspecified atom stereocenters. The topological polar surface area (TPSA) is 301 Å². The molecule has 0 bridgehead atoms. The van der Waals surface area contributed by atoms with Gasteiger partial charge in [0.2, 0.25) is 0 Å². The van der Waals surface area contributed by atoms with Crippen molar-refractivity contribution in [2.75, 3.05) is 11.5 Å². The molecule has 0 atom stereocenters. The van der Waals surface area contributed by atoms with Crippen LogP contribution in [0.5, 0.6) is 5.75 Å². The molecule has 0 fully saturated rings. The summed E-state index contributed by atoms with van der Waals surface area (Å²) >= 11 is 0. The standard InChI is InChI=1S/C31H24N8O9S2.3Na/c32-24-15-25(33)28(39-37-26-11-10-22(49(43,44)45)14-30(26)50(46,47)48)16-27(24)38-35-20-7-3-18(4-8-20)17-1-5-19(6-2-17)34-36-21-9-12-29(40)23(13-21)31(41)42;;;/h1-16,40H,32-33H2,(H,41,42)(H,43,44,45)(H,46,47,48);;;/q;3*+1/p-3. The molecule has 0 radical (unpaired) electrons. The SMILES string of the molecule is Nc1cc(N)c(N=Nc2ccc(S(=O)(=O)[O-])cc2S(=O)(=O)O)cc1N=Nc1ccc(-c2ccc(N=Nc3ccc([O-])c(C(=O)[O-])c3)cc2)cc1.[Na+].[Na+].[Na+]. The van der Waals surface area contributed by atoms with Gasteiger partial charge in [-0.2, -0.15) is 23.8 Å². The van der Waals surface area contributed by atoms with E-state index in [9.17, 15) is 40.9 Å². The zero-order chi connectivity index (χ0) is 36.2. The molecule has 254 valence electrons. The summed E-state index contributed by atoms with van der Waals surface area (Å²) in [5.41, 5.74) is 14.1. The smallest absolute Gasteiger partial charge is 0.872 e. The van der Waals surface area contributed by atoms with E-state index in [0.717, 1.165) is 35.4 Å². The number of nitrogens with zero attached hydrogens (tertiary/aromatic N) is 6. The number of carboxylic acid groups (broad SMARTS) is 1. The summed E-state index contributed by atoms with van der Waals surface area (Å²) in [5.74, 6) is -2.28. The quantitative estimate of drug-likeness (QED) is 0.0537. The number of hydrogen-bond acceptors (Lipinski definition) is 16. The molecule has 5 aromatic rings. The third kappa shape index (κ3) is 12.0. The van der Waals surface area contributed by atoms with Crippen LogP contribution >= 0.6 is 0 Å². The van der Waals surface area contributed by atoms with Crippen molar-refractivity contribution in [3.8, 4) is 16.9 Å². The number of azo groups is 3. The number of rotatable bonds is 10. The Morgan fingerprint density at radius 3 is 1.53 bits per heavy atom. The van der Waals surface area contributed by atoms with Gasteiger partial charge >= 0.3 is 88.7 Å². The Bertz CT molecular complexity index is 2450. The van der Waals surface area contributed by atoms with E-state index in [2.05, 4.69) is 30.7 Å². The van der Waals surface area contributed by atoms with Crippen LogP contribution in [0.25, 0.3) is 11.1 Å². The van der Waals surface area contributed by atoms with Crippen LogP contribution in [0.4, 0.5) is 45.5 Å². The summed E-state index contributed by atoms with van der Waals surface area (Å²) in [5, 5.41) is 46.6. The minimum Gasteiger partial charge on any atom is -0.872 e. The van der Waals surface area contributed by atoms with Gasteiger partial charge in [0, 0.05) is 0 Å². The van der Waals surface area contributed by atoms with Crippen LogP contribution in [-0.4, -0.2) is 31.9 Å². The molecule has 22 heteroatoms. The fraction of sp³-hybridized carbons (Fsp3) is 0. The van der Waals surface area contributed by atoms with E-state index in [-0.39, 0.29) is 117 Å². The second-order valence-electron chi connectivity index (χ2n) is 10.2. The number of carbonyl (C=O) groups is 1. The van der Waals surface area contributed by atoms with Crippen LogP contribution in [0, 0.1) is 0 Å². The number of aromatic carboxylic acids is 1. The van der Waals surface area contributed by atoms with E-state index in [0.29, 0.717) is 17.4 Å². The van der Waals surface area contributed by atoms with Gasteiger partial charge in [0.25, 0.3) is 10.1 Å². The van der Waals surface area contributed by atoms with Gasteiger partial charge in [-0.1, -0.05) is 36.1 Å².